The maximum Gasteiger partial charge on any atom is 0.338 e. The number of nitrogens with zero attached hydrogens (tertiary/aromatic N) is 1. The van der Waals surface area contributed by atoms with Crippen molar-refractivity contribution in [1.82, 2.24) is 0 Å². The minimum Gasteiger partial charge on any atom is -0.460 e. The summed E-state index contributed by atoms with van der Waals surface area (Å²) in [7, 11) is 3.86. The van der Waals surface area contributed by atoms with Gasteiger partial charge in [-0.2, -0.15) is 0 Å². The lowest BCUT2D eigenvalue weighted by atomic mass is 10.2. The molecule has 0 spiro atoms. The molecule has 1 N–H and O–H groups in total. The normalized spacial score (nSPS) is 9.80. The molecule has 4 heteroatoms. The van der Waals surface area contributed by atoms with Crippen LogP contribution in [0.4, 0.5) is 5.69 Å². The van der Waals surface area contributed by atoms with Crippen molar-refractivity contribution < 1.29 is 14.6 Å². The lowest BCUT2D eigenvalue weighted by Crippen LogP contribution is -2.11. The van der Waals surface area contributed by atoms with Gasteiger partial charge in [0.1, 0.15) is 6.61 Å². The number of carbonyl (C=O) groups excluding carboxylic acids is 1. The van der Waals surface area contributed by atoms with E-state index in [1.165, 1.54) is 0 Å². The summed E-state index contributed by atoms with van der Waals surface area (Å²) in [5, 5.41) is 8.50. The second-order valence-corrected chi connectivity index (χ2v) is 3.30. The number of anilines is 1. The lowest BCUT2D eigenvalue weighted by molar-refractivity contribution is 0.0434. The van der Waals surface area contributed by atoms with Crippen LogP contribution in [0.1, 0.15) is 10.4 Å². The molecule has 0 saturated heterocycles. The third-order valence-corrected chi connectivity index (χ3v) is 1.94. The molecule has 82 valence electrons. The number of aliphatic hydroxyl groups excluding tert-OH is 1. The molecule has 1 aromatic carbocycles. The molecule has 0 saturated carbocycles. The van der Waals surface area contributed by atoms with Gasteiger partial charge >= 0.3 is 5.97 Å². The van der Waals surface area contributed by atoms with Gasteiger partial charge in [0.05, 0.1) is 12.2 Å². The number of ether oxygens (including phenoxy) is 1. The van der Waals surface area contributed by atoms with Crippen LogP contribution in [0.5, 0.6) is 0 Å². The molecule has 0 atom stereocenters. The molecule has 0 amide bonds. The Hall–Kier alpha value is -1.55. The fourth-order valence-corrected chi connectivity index (χ4v) is 1.12. The number of esters is 1. The first-order valence-corrected chi connectivity index (χ1v) is 4.70. The van der Waals surface area contributed by atoms with Gasteiger partial charge in [-0.15, -0.1) is 0 Å². The molecule has 0 unspecified atom stereocenters. The van der Waals surface area contributed by atoms with Crippen LogP contribution in [0.3, 0.4) is 0 Å². The molecule has 0 fully saturated rings. The summed E-state index contributed by atoms with van der Waals surface area (Å²) in [4.78, 5) is 13.3. The average molecular weight is 209 g/mol. The molecule has 0 aliphatic heterocycles. The van der Waals surface area contributed by atoms with Gasteiger partial charge in [-0.3, -0.25) is 0 Å². The molecule has 0 aliphatic carbocycles. The number of carbonyl (C=O) groups is 1. The number of benzene rings is 1. The van der Waals surface area contributed by atoms with E-state index in [0.717, 1.165) is 5.69 Å². The second-order valence-electron chi connectivity index (χ2n) is 3.30. The van der Waals surface area contributed by atoms with Crippen LogP contribution in [0, 0.1) is 0 Å². The molecular weight excluding hydrogens is 194 g/mol. The lowest BCUT2D eigenvalue weighted by Gasteiger charge is -2.12. The van der Waals surface area contributed by atoms with Gasteiger partial charge in [0.15, 0.2) is 0 Å². The largest absolute Gasteiger partial charge is 0.460 e. The topological polar surface area (TPSA) is 49.8 Å². The molecular formula is C11H15NO3. The Kier molecular flexibility index (Phi) is 4.12. The summed E-state index contributed by atoms with van der Waals surface area (Å²) in [5.74, 6) is -0.408. The smallest absolute Gasteiger partial charge is 0.338 e. The zero-order valence-corrected chi connectivity index (χ0v) is 8.93. The van der Waals surface area contributed by atoms with Crippen LogP contribution < -0.4 is 4.90 Å². The molecule has 0 radical (unpaired) electrons. The zero-order chi connectivity index (χ0) is 11.3. The molecule has 15 heavy (non-hydrogen) atoms. The molecule has 1 rings (SSSR count). The number of hydrogen-bond donors (Lipinski definition) is 1. The van der Waals surface area contributed by atoms with E-state index in [4.69, 9.17) is 9.84 Å². The standard InChI is InChI=1S/C11H15NO3/c1-12(2)10-5-3-9(4-6-10)11(14)15-8-7-13/h3-6,13H,7-8H2,1-2H3. The summed E-state index contributed by atoms with van der Waals surface area (Å²) >= 11 is 0. The molecule has 0 bridgehead atoms. The van der Waals surface area contributed by atoms with E-state index in [9.17, 15) is 4.79 Å². The average Bonchev–Trinajstić information content (AvgIpc) is 2.26. The first-order valence-electron chi connectivity index (χ1n) is 4.70. The Morgan fingerprint density at radius 2 is 1.93 bits per heavy atom. The van der Waals surface area contributed by atoms with Crippen LogP contribution >= 0.6 is 0 Å². The van der Waals surface area contributed by atoms with E-state index in [-0.39, 0.29) is 13.2 Å². The van der Waals surface area contributed by atoms with Crippen molar-refractivity contribution in [1.29, 1.82) is 0 Å². The minimum absolute atomic E-state index is 0.0360. The highest BCUT2D eigenvalue weighted by atomic mass is 16.5. The summed E-state index contributed by atoms with van der Waals surface area (Å²) in [6.45, 7) is -0.115. The Bertz CT molecular complexity index is 319. The highest BCUT2D eigenvalue weighted by Gasteiger charge is 2.06. The van der Waals surface area contributed by atoms with Crippen molar-refractivity contribution in [2.75, 3.05) is 32.2 Å². The third-order valence-electron chi connectivity index (χ3n) is 1.94. The summed E-state index contributed by atoms with van der Waals surface area (Å²) in [5.41, 5.74) is 1.52. The fraction of sp³-hybridized carbons (Fsp3) is 0.364. The predicted octanol–water partition coefficient (Wildman–Crippen LogP) is 0.902. The first kappa shape index (κ1) is 11.5. The van der Waals surface area contributed by atoms with E-state index in [2.05, 4.69) is 0 Å². The van der Waals surface area contributed by atoms with Gasteiger partial charge in [0, 0.05) is 19.8 Å². The molecule has 4 nitrogen and oxygen atoms in total. The summed E-state index contributed by atoms with van der Waals surface area (Å²) < 4.78 is 4.78. The van der Waals surface area contributed by atoms with Gasteiger partial charge in [0.2, 0.25) is 0 Å². The fourth-order valence-electron chi connectivity index (χ4n) is 1.12. The van der Waals surface area contributed by atoms with Crippen molar-refractivity contribution in [3.05, 3.63) is 29.8 Å². The summed E-state index contributed by atoms with van der Waals surface area (Å²) in [6, 6.07) is 7.09. The SMILES string of the molecule is CN(C)c1ccc(C(=O)OCCO)cc1. The first-order chi connectivity index (χ1) is 7.15. The summed E-state index contributed by atoms with van der Waals surface area (Å²) in [6.07, 6.45) is 0. The highest BCUT2D eigenvalue weighted by molar-refractivity contribution is 5.89. The van der Waals surface area contributed by atoms with Gasteiger partial charge < -0.3 is 14.7 Å². The van der Waals surface area contributed by atoms with Gasteiger partial charge in [0.25, 0.3) is 0 Å². The van der Waals surface area contributed by atoms with E-state index < -0.39 is 5.97 Å². The van der Waals surface area contributed by atoms with Crippen molar-refractivity contribution in [2.24, 2.45) is 0 Å². The number of hydrogen-bond acceptors (Lipinski definition) is 4. The van der Waals surface area contributed by atoms with Crippen LogP contribution in [0.25, 0.3) is 0 Å². The number of aliphatic hydroxyl groups is 1. The van der Waals surface area contributed by atoms with E-state index in [0.29, 0.717) is 5.56 Å². The van der Waals surface area contributed by atoms with E-state index >= 15 is 0 Å². The molecule has 1 aromatic rings. The predicted molar refractivity (Wildman–Crippen MR) is 58.1 cm³/mol. The Labute approximate surface area is 89.1 Å². The van der Waals surface area contributed by atoms with Crippen LogP contribution in [0.2, 0.25) is 0 Å². The van der Waals surface area contributed by atoms with Crippen molar-refractivity contribution in [3.63, 3.8) is 0 Å². The third kappa shape index (κ3) is 3.25. The highest BCUT2D eigenvalue weighted by Crippen LogP contribution is 2.12. The number of rotatable bonds is 4. The molecule has 0 heterocycles. The Morgan fingerprint density at radius 3 is 2.40 bits per heavy atom. The van der Waals surface area contributed by atoms with E-state index in [1.807, 2.05) is 31.1 Å². The van der Waals surface area contributed by atoms with Crippen molar-refractivity contribution in [2.45, 2.75) is 0 Å². The Morgan fingerprint density at radius 1 is 1.33 bits per heavy atom. The Balaban J connectivity index is 2.67. The molecule has 0 aliphatic rings. The quantitative estimate of drug-likeness (QED) is 0.748. The monoisotopic (exact) mass is 209 g/mol. The van der Waals surface area contributed by atoms with Gasteiger partial charge in [-0.05, 0) is 24.3 Å². The van der Waals surface area contributed by atoms with Gasteiger partial charge in [-0.25, -0.2) is 4.79 Å². The van der Waals surface area contributed by atoms with Crippen LogP contribution in [-0.4, -0.2) is 38.4 Å². The second kappa shape index (κ2) is 5.36. The minimum atomic E-state index is -0.408. The van der Waals surface area contributed by atoms with Crippen molar-refractivity contribution in [3.8, 4) is 0 Å². The maximum atomic E-state index is 11.3. The molecule has 0 aromatic heterocycles. The van der Waals surface area contributed by atoms with E-state index in [1.54, 1.807) is 12.1 Å². The van der Waals surface area contributed by atoms with Crippen LogP contribution in [0.15, 0.2) is 24.3 Å². The van der Waals surface area contributed by atoms with Gasteiger partial charge in [-0.1, -0.05) is 0 Å². The maximum absolute atomic E-state index is 11.3. The zero-order valence-electron chi connectivity index (χ0n) is 8.93. The van der Waals surface area contributed by atoms with Crippen molar-refractivity contribution >= 4 is 11.7 Å². The van der Waals surface area contributed by atoms with Crippen LogP contribution in [-0.2, 0) is 4.74 Å².